The van der Waals surface area contributed by atoms with Crippen molar-refractivity contribution in [2.45, 2.75) is 17.2 Å². The van der Waals surface area contributed by atoms with Gasteiger partial charge in [-0.05, 0) is 5.56 Å². The van der Waals surface area contributed by atoms with Crippen molar-refractivity contribution in [2.75, 3.05) is 6.26 Å². The van der Waals surface area contributed by atoms with E-state index >= 15 is 0 Å². The molecule has 0 heterocycles. The lowest BCUT2D eigenvalue weighted by Crippen LogP contribution is -2.13. The number of sulfone groups is 1. The Labute approximate surface area is 83.9 Å². The van der Waals surface area contributed by atoms with E-state index in [9.17, 15) is 8.42 Å². The maximum Gasteiger partial charge on any atom is 0.152 e. The van der Waals surface area contributed by atoms with Gasteiger partial charge in [0.1, 0.15) is 0 Å². The van der Waals surface area contributed by atoms with E-state index < -0.39 is 9.84 Å². The van der Waals surface area contributed by atoms with E-state index in [1.165, 1.54) is 6.26 Å². The van der Waals surface area contributed by atoms with E-state index in [0.717, 1.165) is 5.56 Å². The fourth-order valence-electron chi connectivity index (χ4n) is 1.94. The number of hydrogen-bond donors (Lipinski definition) is 1. The first-order valence-electron chi connectivity index (χ1n) is 4.51. The minimum Gasteiger partial charge on any atom is -0.326 e. The normalized spacial score (nSPS) is 31.4. The van der Waals surface area contributed by atoms with Crippen LogP contribution in [0.15, 0.2) is 30.3 Å². The Bertz CT molecular complexity index is 427. The highest BCUT2D eigenvalue weighted by Crippen LogP contribution is 2.44. The maximum atomic E-state index is 11.3. The molecule has 3 atom stereocenters. The zero-order valence-corrected chi connectivity index (χ0v) is 8.74. The van der Waals surface area contributed by atoms with Crippen molar-refractivity contribution in [2.24, 2.45) is 5.73 Å². The highest BCUT2D eigenvalue weighted by Gasteiger charge is 2.54. The molecule has 0 saturated heterocycles. The summed E-state index contributed by atoms with van der Waals surface area (Å²) in [6.07, 6.45) is 1.25. The van der Waals surface area contributed by atoms with Gasteiger partial charge < -0.3 is 5.73 Å². The van der Waals surface area contributed by atoms with Crippen LogP contribution in [0, 0.1) is 0 Å². The number of hydrogen-bond acceptors (Lipinski definition) is 3. The summed E-state index contributed by atoms with van der Waals surface area (Å²) in [4.78, 5) is 0. The van der Waals surface area contributed by atoms with Crippen LogP contribution in [0.1, 0.15) is 11.5 Å². The third kappa shape index (κ3) is 1.55. The molecule has 1 aliphatic rings. The molecule has 2 N–H and O–H groups in total. The van der Waals surface area contributed by atoms with Gasteiger partial charge in [0.2, 0.25) is 0 Å². The van der Waals surface area contributed by atoms with Gasteiger partial charge in [-0.3, -0.25) is 0 Å². The van der Waals surface area contributed by atoms with Crippen LogP contribution in [0.25, 0.3) is 0 Å². The van der Waals surface area contributed by atoms with Gasteiger partial charge in [-0.2, -0.15) is 0 Å². The number of benzene rings is 1. The van der Waals surface area contributed by atoms with Crippen LogP contribution in [0.5, 0.6) is 0 Å². The van der Waals surface area contributed by atoms with Crippen LogP contribution in [-0.4, -0.2) is 26.0 Å². The van der Waals surface area contributed by atoms with E-state index in [0.29, 0.717) is 0 Å². The number of rotatable bonds is 2. The van der Waals surface area contributed by atoms with E-state index in [1.54, 1.807) is 0 Å². The van der Waals surface area contributed by atoms with Gasteiger partial charge in [-0.1, -0.05) is 30.3 Å². The molecule has 76 valence electrons. The molecule has 1 aromatic rings. The van der Waals surface area contributed by atoms with Crippen LogP contribution < -0.4 is 5.73 Å². The first kappa shape index (κ1) is 9.68. The predicted molar refractivity (Wildman–Crippen MR) is 55.8 cm³/mol. The Balaban J connectivity index is 2.26. The van der Waals surface area contributed by atoms with Gasteiger partial charge >= 0.3 is 0 Å². The van der Waals surface area contributed by atoms with Gasteiger partial charge in [0.15, 0.2) is 9.84 Å². The van der Waals surface area contributed by atoms with Crippen molar-refractivity contribution in [1.82, 2.24) is 0 Å². The average molecular weight is 211 g/mol. The second-order valence-electron chi connectivity index (χ2n) is 3.81. The molecule has 0 spiro atoms. The van der Waals surface area contributed by atoms with E-state index in [2.05, 4.69) is 0 Å². The highest BCUT2D eigenvalue weighted by atomic mass is 32.2. The standard InChI is InChI=1S/C10H13NO2S/c1-14(12,13)10-8(9(10)11)7-5-3-2-4-6-7/h2-6,8-10H,11H2,1H3/t8-,9-,10+/m1/s1. The Hall–Kier alpha value is -0.870. The Morgan fingerprint density at radius 1 is 1.21 bits per heavy atom. The second kappa shape index (κ2) is 3.07. The smallest absolute Gasteiger partial charge is 0.152 e. The summed E-state index contributed by atoms with van der Waals surface area (Å²) in [5, 5.41) is -0.384. The third-order valence-corrected chi connectivity index (χ3v) is 4.28. The van der Waals surface area contributed by atoms with Gasteiger partial charge in [0.05, 0.1) is 5.25 Å². The monoisotopic (exact) mass is 211 g/mol. The fourth-order valence-corrected chi connectivity index (χ4v) is 3.46. The molecule has 1 aliphatic carbocycles. The lowest BCUT2D eigenvalue weighted by molar-refractivity contribution is 0.599. The Kier molecular flexibility index (Phi) is 2.12. The molecule has 3 nitrogen and oxygen atoms in total. The molecule has 0 aromatic heterocycles. The molecular weight excluding hydrogens is 198 g/mol. The van der Waals surface area contributed by atoms with E-state index in [1.807, 2.05) is 30.3 Å². The first-order chi connectivity index (χ1) is 6.52. The molecular formula is C10H13NO2S. The molecule has 1 aromatic carbocycles. The van der Waals surface area contributed by atoms with Crippen LogP contribution in [0.4, 0.5) is 0 Å². The van der Waals surface area contributed by atoms with Crippen molar-refractivity contribution in [1.29, 1.82) is 0 Å². The molecule has 0 radical (unpaired) electrons. The predicted octanol–water partition coefficient (Wildman–Crippen LogP) is 0.524. The van der Waals surface area contributed by atoms with Crippen LogP contribution in [0.3, 0.4) is 0 Å². The van der Waals surface area contributed by atoms with E-state index in [-0.39, 0.29) is 17.2 Å². The molecule has 0 bridgehead atoms. The summed E-state index contributed by atoms with van der Waals surface area (Å²) < 4.78 is 22.6. The Morgan fingerprint density at radius 2 is 1.79 bits per heavy atom. The average Bonchev–Trinajstić information content (AvgIpc) is 2.78. The minimum absolute atomic E-state index is 0.00815. The van der Waals surface area contributed by atoms with Crippen LogP contribution in [-0.2, 0) is 9.84 Å². The van der Waals surface area contributed by atoms with Gasteiger partial charge in [0, 0.05) is 18.2 Å². The van der Waals surface area contributed by atoms with Crippen LogP contribution >= 0.6 is 0 Å². The van der Waals surface area contributed by atoms with Gasteiger partial charge in [0.25, 0.3) is 0 Å². The van der Waals surface area contributed by atoms with Crippen molar-refractivity contribution in [3.63, 3.8) is 0 Å². The molecule has 0 unspecified atom stereocenters. The summed E-state index contributed by atoms with van der Waals surface area (Å²) in [6, 6.07) is 9.34. The molecule has 14 heavy (non-hydrogen) atoms. The first-order valence-corrected chi connectivity index (χ1v) is 6.46. The van der Waals surface area contributed by atoms with Crippen LogP contribution in [0.2, 0.25) is 0 Å². The molecule has 1 fully saturated rings. The molecule has 2 rings (SSSR count). The summed E-state index contributed by atoms with van der Waals surface area (Å²) in [5.74, 6) is -0.00815. The second-order valence-corrected chi connectivity index (χ2v) is 6.01. The summed E-state index contributed by atoms with van der Waals surface area (Å²) in [6.45, 7) is 0. The Morgan fingerprint density at radius 3 is 2.21 bits per heavy atom. The van der Waals surface area contributed by atoms with Crippen molar-refractivity contribution >= 4 is 9.84 Å². The van der Waals surface area contributed by atoms with Crippen molar-refractivity contribution in [3.8, 4) is 0 Å². The van der Waals surface area contributed by atoms with Crippen molar-refractivity contribution in [3.05, 3.63) is 35.9 Å². The SMILES string of the molecule is CS(=O)(=O)[C@@H]1[C@H](N)[C@H]1c1ccccc1. The summed E-state index contributed by atoms with van der Waals surface area (Å²) in [5.41, 5.74) is 6.77. The maximum absolute atomic E-state index is 11.3. The molecule has 1 saturated carbocycles. The van der Waals surface area contributed by atoms with Gasteiger partial charge in [-0.25, -0.2) is 8.42 Å². The molecule has 0 aliphatic heterocycles. The van der Waals surface area contributed by atoms with Gasteiger partial charge in [-0.15, -0.1) is 0 Å². The van der Waals surface area contributed by atoms with E-state index in [4.69, 9.17) is 5.73 Å². The summed E-state index contributed by atoms with van der Waals surface area (Å²) >= 11 is 0. The minimum atomic E-state index is -3.00. The fraction of sp³-hybridized carbons (Fsp3) is 0.400. The zero-order chi connectivity index (χ0) is 10.3. The largest absolute Gasteiger partial charge is 0.326 e. The zero-order valence-electron chi connectivity index (χ0n) is 7.92. The third-order valence-electron chi connectivity index (χ3n) is 2.69. The van der Waals surface area contributed by atoms with Crippen molar-refractivity contribution < 1.29 is 8.42 Å². The molecule has 4 heteroatoms. The number of nitrogens with two attached hydrogens (primary N) is 1. The lowest BCUT2D eigenvalue weighted by Gasteiger charge is -1.97. The lowest BCUT2D eigenvalue weighted by atomic mass is 10.1. The summed E-state index contributed by atoms with van der Waals surface area (Å²) in [7, 11) is -3.00. The molecule has 0 amide bonds. The quantitative estimate of drug-likeness (QED) is 0.776. The topological polar surface area (TPSA) is 60.2 Å². The highest BCUT2D eigenvalue weighted by molar-refractivity contribution is 7.91.